The third kappa shape index (κ3) is 4.19. The maximum absolute atomic E-state index is 12.9. The number of nitrogens with zero attached hydrogens (tertiary/aromatic N) is 5. The number of hydrogen-bond donors (Lipinski definition) is 0. The van der Waals surface area contributed by atoms with Crippen molar-refractivity contribution in [3.63, 3.8) is 0 Å². The van der Waals surface area contributed by atoms with Gasteiger partial charge in [0.2, 0.25) is 0 Å². The molecule has 0 N–H and O–H groups in total. The highest BCUT2D eigenvalue weighted by Crippen LogP contribution is 2.37. The minimum Gasteiger partial charge on any atom is -0.467 e. The van der Waals surface area contributed by atoms with Crippen LogP contribution in [0.4, 0.5) is 4.79 Å². The van der Waals surface area contributed by atoms with Crippen LogP contribution >= 0.6 is 0 Å². The molecule has 1 saturated heterocycles. The van der Waals surface area contributed by atoms with E-state index in [2.05, 4.69) is 34.3 Å². The van der Waals surface area contributed by atoms with Crippen LogP contribution in [0.2, 0.25) is 0 Å². The number of benzene rings is 2. The maximum atomic E-state index is 12.9. The van der Waals surface area contributed by atoms with Gasteiger partial charge in [0, 0.05) is 24.2 Å². The highest BCUT2D eigenvalue weighted by molar-refractivity contribution is 5.84. The van der Waals surface area contributed by atoms with Gasteiger partial charge in [-0.3, -0.25) is 0 Å². The van der Waals surface area contributed by atoms with Crippen LogP contribution in [0.5, 0.6) is 11.5 Å². The smallest absolute Gasteiger partial charge is 0.346 e. The van der Waals surface area contributed by atoms with Gasteiger partial charge >= 0.3 is 6.03 Å². The molecule has 36 heavy (non-hydrogen) atoms. The van der Waals surface area contributed by atoms with E-state index in [0.29, 0.717) is 39.1 Å². The number of hydrogen-bond acceptors (Lipinski definition) is 8. The van der Waals surface area contributed by atoms with Crippen LogP contribution in [-0.2, 0) is 22.7 Å². The fourth-order valence-electron chi connectivity index (χ4n) is 4.83. The molecule has 0 radical (unpaired) electrons. The van der Waals surface area contributed by atoms with E-state index < -0.39 is 0 Å². The number of amides is 1. The molecule has 1 amide bonds. The van der Waals surface area contributed by atoms with Crippen molar-refractivity contribution in [1.82, 2.24) is 19.7 Å². The average Bonchev–Trinajstić information content (AvgIpc) is 3.43. The summed E-state index contributed by atoms with van der Waals surface area (Å²) in [6, 6.07) is 14.0. The average molecular weight is 486 g/mol. The van der Waals surface area contributed by atoms with Crippen molar-refractivity contribution in [2.45, 2.75) is 26.1 Å². The zero-order valence-electron chi connectivity index (χ0n) is 19.5. The molecule has 0 saturated carbocycles. The molecule has 0 atom stereocenters. The molecular formula is C26H23N5O5. The van der Waals surface area contributed by atoms with E-state index in [1.165, 1.54) is 11.9 Å². The minimum absolute atomic E-state index is 0.0241. The van der Waals surface area contributed by atoms with E-state index in [0.717, 1.165) is 44.0 Å². The molecule has 10 heteroatoms. The minimum atomic E-state index is -0.282. The quantitative estimate of drug-likeness (QED) is 0.543. The van der Waals surface area contributed by atoms with Crippen molar-refractivity contribution in [2.24, 2.45) is 0 Å². The molecular weight excluding hydrogens is 462 g/mol. The van der Waals surface area contributed by atoms with Crippen LogP contribution in [0.3, 0.4) is 0 Å². The second-order valence-corrected chi connectivity index (χ2v) is 8.74. The first-order valence-electron chi connectivity index (χ1n) is 11.7. The van der Waals surface area contributed by atoms with Crippen LogP contribution in [0.1, 0.15) is 40.9 Å². The molecule has 3 aliphatic heterocycles. The van der Waals surface area contributed by atoms with Gasteiger partial charge in [-0.05, 0) is 53.8 Å². The fourth-order valence-corrected chi connectivity index (χ4v) is 4.83. The van der Waals surface area contributed by atoms with Gasteiger partial charge in [-0.25, -0.2) is 9.78 Å². The molecule has 3 aromatic rings. The number of rotatable bonds is 2. The summed E-state index contributed by atoms with van der Waals surface area (Å²) in [5.41, 5.74) is 6.55. The third-order valence-electron chi connectivity index (χ3n) is 6.59. The number of carbonyl (C=O) groups is 1. The molecule has 4 heterocycles. The predicted octanol–water partition coefficient (Wildman–Crippen LogP) is 3.45. The number of aromatic nitrogens is 3. The van der Waals surface area contributed by atoms with E-state index in [9.17, 15) is 4.79 Å². The lowest BCUT2D eigenvalue weighted by Gasteiger charge is -2.30. The number of ether oxygens (including phenoxy) is 4. The molecule has 2 aromatic carbocycles. The maximum Gasteiger partial charge on any atom is 0.346 e. The molecule has 10 nitrogen and oxygen atoms in total. The van der Waals surface area contributed by atoms with E-state index in [4.69, 9.17) is 24.2 Å². The van der Waals surface area contributed by atoms with Crippen LogP contribution in [0.15, 0.2) is 48.3 Å². The topological polar surface area (TPSA) is 112 Å². The van der Waals surface area contributed by atoms with Crippen LogP contribution in [0.25, 0.3) is 5.57 Å². The molecule has 6 rings (SSSR count). The summed E-state index contributed by atoms with van der Waals surface area (Å²) in [7, 11) is 0. The van der Waals surface area contributed by atoms with Crippen LogP contribution < -0.4 is 9.47 Å². The summed E-state index contributed by atoms with van der Waals surface area (Å²) < 4.78 is 23.4. The second-order valence-electron chi connectivity index (χ2n) is 8.74. The van der Waals surface area contributed by atoms with Crippen LogP contribution in [-0.4, -0.2) is 52.4 Å². The fraction of sp³-hybridized carbons (Fsp3) is 0.308. The molecule has 0 bridgehead atoms. The predicted molar refractivity (Wildman–Crippen MR) is 126 cm³/mol. The Kier molecular flexibility index (Phi) is 5.85. The van der Waals surface area contributed by atoms with Gasteiger partial charge in [0.05, 0.1) is 13.2 Å². The lowest BCUT2D eigenvalue weighted by Crippen LogP contribution is -2.39. The lowest BCUT2D eigenvalue weighted by atomic mass is 9.87. The molecule has 3 aliphatic rings. The number of nitriles is 1. The summed E-state index contributed by atoms with van der Waals surface area (Å²) in [6.45, 7) is 2.60. The second kappa shape index (κ2) is 9.45. The van der Waals surface area contributed by atoms with Crippen LogP contribution in [0, 0.1) is 11.3 Å². The van der Waals surface area contributed by atoms with E-state index in [1.807, 2.05) is 18.2 Å². The van der Waals surface area contributed by atoms with Crippen molar-refractivity contribution < 1.29 is 23.7 Å². The Hall–Kier alpha value is -4.20. The molecule has 182 valence electrons. The van der Waals surface area contributed by atoms with E-state index in [-0.39, 0.29) is 25.4 Å². The van der Waals surface area contributed by atoms with Crippen molar-refractivity contribution in [2.75, 3.05) is 26.7 Å². The number of likely N-dealkylation sites (tertiary alicyclic amines) is 1. The standard InChI is InChI=1S/C26H23N5O5/c27-11-24-28-14-31(29-24)26(32)30-7-5-17(6-8-30)25(18-1-3-22-20(9-18)12-33-15-35-22)19-2-4-23-21(10-19)13-34-16-36-23/h1-4,9-10,14H,5-8,12-13,15-16H2. The summed E-state index contributed by atoms with van der Waals surface area (Å²) in [6.07, 6.45) is 2.69. The Balaban J connectivity index is 1.34. The molecule has 0 aliphatic carbocycles. The summed E-state index contributed by atoms with van der Waals surface area (Å²) in [4.78, 5) is 18.4. The molecule has 0 spiro atoms. The SMILES string of the molecule is N#Cc1ncn(C(=O)N2CCC(=C(c3ccc4c(c3)COCO4)c3ccc4c(c3)COCO4)CC2)n1. The van der Waals surface area contributed by atoms with Crippen molar-refractivity contribution in [3.05, 3.63) is 76.4 Å². The monoisotopic (exact) mass is 485 g/mol. The van der Waals surface area contributed by atoms with Gasteiger partial charge in [0.1, 0.15) is 23.9 Å². The highest BCUT2D eigenvalue weighted by Gasteiger charge is 2.25. The largest absolute Gasteiger partial charge is 0.467 e. The van der Waals surface area contributed by atoms with E-state index in [1.54, 1.807) is 4.90 Å². The number of carbonyl (C=O) groups excluding carboxylic acids is 1. The normalized spacial score (nSPS) is 16.8. The Morgan fingerprint density at radius 3 is 2.08 bits per heavy atom. The zero-order valence-corrected chi connectivity index (χ0v) is 19.5. The first kappa shape index (κ1) is 22.3. The molecule has 1 aromatic heterocycles. The van der Waals surface area contributed by atoms with Crippen molar-refractivity contribution in [1.29, 1.82) is 5.26 Å². The lowest BCUT2D eigenvalue weighted by molar-refractivity contribution is -0.0164. The first-order valence-corrected chi connectivity index (χ1v) is 11.7. The van der Waals surface area contributed by atoms with Gasteiger partial charge in [-0.15, -0.1) is 5.10 Å². The molecule has 0 unspecified atom stereocenters. The van der Waals surface area contributed by atoms with Gasteiger partial charge in [-0.1, -0.05) is 17.7 Å². The summed E-state index contributed by atoms with van der Waals surface area (Å²) >= 11 is 0. The van der Waals surface area contributed by atoms with Gasteiger partial charge in [0.25, 0.3) is 5.82 Å². The van der Waals surface area contributed by atoms with Gasteiger partial charge < -0.3 is 23.8 Å². The van der Waals surface area contributed by atoms with Gasteiger partial charge in [-0.2, -0.15) is 9.94 Å². The number of fused-ring (bicyclic) bond motifs is 2. The Bertz CT molecular complexity index is 1330. The van der Waals surface area contributed by atoms with Crippen molar-refractivity contribution >= 4 is 11.6 Å². The Morgan fingerprint density at radius 1 is 0.917 bits per heavy atom. The summed E-state index contributed by atoms with van der Waals surface area (Å²) in [5, 5.41) is 12.9. The Labute approximate surface area is 207 Å². The van der Waals surface area contributed by atoms with Gasteiger partial charge in [0.15, 0.2) is 13.6 Å². The molecule has 1 fully saturated rings. The number of piperidine rings is 1. The highest BCUT2D eigenvalue weighted by atomic mass is 16.7. The zero-order chi connectivity index (χ0) is 24.5. The third-order valence-corrected chi connectivity index (χ3v) is 6.59. The van der Waals surface area contributed by atoms with E-state index >= 15 is 0 Å². The Morgan fingerprint density at radius 2 is 1.53 bits per heavy atom. The first-order chi connectivity index (χ1) is 17.7. The van der Waals surface area contributed by atoms with Crippen molar-refractivity contribution in [3.8, 4) is 17.6 Å². The summed E-state index contributed by atoms with van der Waals surface area (Å²) in [5.74, 6) is 1.65.